The van der Waals surface area contributed by atoms with Gasteiger partial charge in [-0.2, -0.15) is 4.31 Å². The molecular weight excluding hydrogens is 278 g/mol. The molecule has 1 aromatic carbocycles. The third kappa shape index (κ3) is 2.68. The molecular formula is C14H21NO4S. The number of hydrogen-bond acceptors (Lipinski definition) is 4. The third-order valence-corrected chi connectivity index (χ3v) is 5.74. The minimum atomic E-state index is -3.56. The smallest absolute Gasteiger partial charge is 0.247 e. The maximum atomic E-state index is 12.8. The Hall–Kier alpha value is -1.11. The third-order valence-electron chi connectivity index (χ3n) is 3.72. The molecule has 0 bridgehead atoms. The second-order valence-electron chi connectivity index (χ2n) is 5.41. The number of aliphatic hydroxyl groups excluding tert-OH is 1. The molecule has 1 heterocycles. The quantitative estimate of drug-likeness (QED) is 0.917. The first-order valence-electron chi connectivity index (χ1n) is 6.69. The van der Waals surface area contributed by atoms with Crippen LogP contribution in [0.5, 0.6) is 5.75 Å². The van der Waals surface area contributed by atoms with E-state index in [1.54, 1.807) is 12.1 Å². The van der Waals surface area contributed by atoms with E-state index in [1.807, 2.05) is 6.92 Å². The van der Waals surface area contributed by atoms with Gasteiger partial charge in [0.15, 0.2) is 0 Å². The number of methoxy groups -OCH3 is 1. The Balaban J connectivity index is 2.44. The van der Waals surface area contributed by atoms with Gasteiger partial charge >= 0.3 is 0 Å². The molecule has 5 nitrogen and oxygen atoms in total. The van der Waals surface area contributed by atoms with Crippen LogP contribution in [0.1, 0.15) is 25.8 Å². The normalized spacial score (nSPS) is 24.0. The van der Waals surface area contributed by atoms with Crippen LogP contribution in [0, 0.1) is 5.92 Å². The summed E-state index contributed by atoms with van der Waals surface area (Å²) in [4.78, 5) is 0.165. The number of aliphatic hydroxyl groups is 1. The summed E-state index contributed by atoms with van der Waals surface area (Å²) in [6.07, 6.45) is 0.871. The van der Waals surface area contributed by atoms with E-state index in [1.165, 1.54) is 17.5 Å². The largest absolute Gasteiger partial charge is 0.495 e. The highest BCUT2D eigenvalue weighted by Gasteiger charge is 2.37. The summed E-state index contributed by atoms with van der Waals surface area (Å²) in [6, 6.07) is 4.68. The Kier molecular flexibility index (Phi) is 4.36. The van der Waals surface area contributed by atoms with Crippen LogP contribution in [0.15, 0.2) is 23.1 Å². The molecule has 0 aliphatic carbocycles. The molecule has 1 fully saturated rings. The predicted molar refractivity (Wildman–Crippen MR) is 76.1 cm³/mol. The van der Waals surface area contributed by atoms with Crippen molar-refractivity contribution < 1.29 is 18.3 Å². The average Bonchev–Trinajstić information content (AvgIpc) is 2.77. The molecule has 0 radical (unpaired) electrons. The molecule has 0 aromatic heterocycles. The molecule has 2 atom stereocenters. The second kappa shape index (κ2) is 5.71. The lowest BCUT2D eigenvalue weighted by molar-refractivity contribution is 0.280. The summed E-state index contributed by atoms with van der Waals surface area (Å²) in [5.41, 5.74) is 0.628. The number of hydrogen-bond donors (Lipinski definition) is 1. The van der Waals surface area contributed by atoms with E-state index in [0.717, 1.165) is 6.42 Å². The summed E-state index contributed by atoms with van der Waals surface area (Å²) in [6.45, 7) is 4.37. The Labute approximate surface area is 120 Å². The van der Waals surface area contributed by atoms with Crippen LogP contribution in [0.3, 0.4) is 0 Å². The number of sulfonamides is 1. The molecule has 0 saturated carbocycles. The van der Waals surface area contributed by atoms with Crippen molar-refractivity contribution in [2.24, 2.45) is 5.92 Å². The number of rotatable bonds is 4. The Morgan fingerprint density at radius 2 is 2.10 bits per heavy atom. The van der Waals surface area contributed by atoms with Crippen molar-refractivity contribution in [2.45, 2.75) is 37.8 Å². The Morgan fingerprint density at radius 1 is 1.40 bits per heavy atom. The van der Waals surface area contributed by atoms with Crippen LogP contribution >= 0.6 is 0 Å². The van der Waals surface area contributed by atoms with Gasteiger partial charge in [0.25, 0.3) is 0 Å². The zero-order valence-corrected chi connectivity index (χ0v) is 12.9. The van der Waals surface area contributed by atoms with Crippen LogP contribution < -0.4 is 4.74 Å². The van der Waals surface area contributed by atoms with Crippen molar-refractivity contribution in [1.29, 1.82) is 0 Å². The predicted octanol–water partition coefficient (Wildman–Crippen LogP) is 1.61. The lowest BCUT2D eigenvalue weighted by atomic mass is 10.1. The van der Waals surface area contributed by atoms with Crippen molar-refractivity contribution >= 4 is 10.0 Å². The highest BCUT2D eigenvalue weighted by atomic mass is 32.2. The van der Waals surface area contributed by atoms with E-state index in [4.69, 9.17) is 9.84 Å². The molecule has 2 rings (SSSR count). The van der Waals surface area contributed by atoms with Gasteiger partial charge in [-0.1, -0.05) is 13.0 Å². The van der Waals surface area contributed by atoms with Crippen molar-refractivity contribution in [3.63, 3.8) is 0 Å². The minimum absolute atomic E-state index is 0.00257. The summed E-state index contributed by atoms with van der Waals surface area (Å²) in [7, 11) is -2.13. The minimum Gasteiger partial charge on any atom is -0.495 e. The molecule has 20 heavy (non-hydrogen) atoms. The number of nitrogens with zero attached hydrogens (tertiary/aromatic N) is 1. The molecule has 1 saturated heterocycles. The molecule has 6 heteroatoms. The zero-order chi connectivity index (χ0) is 14.9. The standard InChI is InChI=1S/C14H21NO4S/c1-10-6-11(2)15(8-10)20(17,18)14-5-4-12(9-16)7-13(14)19-3/h4-5,7,10-11,16H,6,8-9H2,1-3H3. The van der Waals surface area contributed by atoms with Crippen LogP contribution in [-0.4, -0.2) is 37.5 Å². The summed E-state index contributed by atoms with van der Waals surface area (Å²) < 4.78 is 32.2. The van der Waals surface area contributed by atoms with Gasteiger partial charge in [-0.25, -0.2) is 8.42 Å². The summed E-state index contributed by atoms with van der Waals surface area (Å²) in [5.74, 6) is 0.644. The molecule has 112 valence electrons. The van der Waals surface area contributed by atoms with Gasteiger partial charge in [0.2, 0.25) is 10.0 Å². The fourth-order valence-electron chi connectivity index (χ4n) is 2.75. The first-order chi connectivity index (χ1) is 9.40. The SMILES string of the molecule is COc1cc(CO)ccc1S(=O)(=O)N1CC(C)CC1C. The molecule has 2 unspecified atom stereocenters. The lowest BCUT2D eigenvalue weighted by Crippen LogP contribution is -2.34. The molecule has 0 amide bonds. The van der Waals surface area contributed by atoms with Crippen LogP contribution in [-0.2, 0) is 16.6 Å². The average molecular weight is 299 g/mol. The van der Waals surface area contributed by atoms with E-state index < -0.39 is 10.0 Å². The van der Waals surface area contributed by atoms with Crippen molar-refractivity contribution in [3.05, 3.63) is 23.8 Å². The fraction of sp³-hybridized carbons (Fsp3) is 0.571. The maximum Gasteiger partial charge on any atom is 0.247 e. The first kappa shape index (κ1) is 15.3. The van der Waals surface area contributed by atoms with E-state index in [9.17, 15) is 8.42 Å². The molecule has 1 aliphatic rings. The maximum absolute atomic E-state index is 12.8. The van der Waals surface area contributed by atoms with E-state index in [-0.39, 0.29) is 23.3 Å². The van der Waals surface area contributed by atoms with Crippen LogP contribution in [0.4, 0.5) is 0 Å². The molecule has 1 N–H and O–H groups in total. The monoisotopic (exact) mass is 299 g/mol. The first-order valence-corrected chi connectivity index (χ1v) is 8.13. The number of benzene rings is 1. The highest BCUT2D eigenvalue weighted by Crippen LogP contribution is 2.33. The highest BCUT2D eigenvalue weighted by molar-refractivity contribution is 7.89. The van der Waals surface area contributed by atoms with Crippen molar-refractivity contribution in [3.8, 4) is 5.75 Å². The van der Waals surface area contributed by atoms with E-state index in [0.29, 0.717) is 18.0 Å². The van der Waals surface area contributed by atoms with Gasteiger partial charge in [-0.05, 0) is 37.0 Å². The van der Waals surface area contributed by atoms with Crippen LogP contribution in [0.25, 0.3) is 0 Å². The van der Waals surface area contributed by atoms with Crippen LogP contribution in [0.2, 0.25) is 0 Å². The second-order valence-corrected chi connectivity index (χ2v) is 7.27. The molecule has 1 aliphatic heterocycles. The Bertz CT molecular complexity index is 585. The van der Waals surface area contributed by atoms with E-state index >= 15 is 0 Å². The van der Waals surface area contributed by atoms with Gasteiger partial charge in [-0.15, -0.1) is 0 Å². The van der Waals surface area contributed by atoms with Crippen molar-refractivity contribution in [2.75, 3.05) is 13.7 Å². The topological polar surface area (TPSA) is 66.8 Å². The van der Waals surface area contributed by atoms with Crippen molar-refractivity contribution in [1.82, 2.24) is 4.31 Å². The zero-order valence-electron chi connectivity index (χ0n) is 12.0. The van der Waals surface area contributed by atoms with Gasteiger partial charge in [0, 0.05) is 12.6 Å². The molecule has 0 spiro atoms. The summed E-state index contributed by atoms with van der Waals surface area (Å²) in [5, 5.41) is 9.12. The summed E-state index contributed by atoms with van der Waals surface area (Å²) >= 11 is 0. The van der Waals surface area contributed by atoms with Gasteiger partial charge in [0.1, 0.15) is 10.6 Å². The molecule has 1 aromatic rings. The van der Waals surface area contributed by atoms with E-state index in [2.05, 4.69) is 6.92 Å². The van der Waals surface area contributed by atoms with Gasteiger partial charge < -0.3 is 9.84 Å². The van der Waals surface area contributed by atoms with Gasteiger partial charge in [0.05, 0.1) is 13.7 Å². The lowest BCUT2D eigenvalue weighted by Gasteiger charge is -2.22. The number of ether oxygens (including phenoxy) is 1. The Morgan fingerprint density at radius 3 is 2.60 bits per heavy atom. The fourth-order valence-corrected chi connectivity index (χ4v) is 4.65. The van der Waals surface area contributed by atoms with Gasteiger partial charge in [-0.3, -0.25) is 0 Å².